The number of nitrogens with one attached hydrogen (secondary N) is 1. The summed E-state index contributed by atoms with van der Waals surface area (Å²) < 4.78 is 3.88. The maximum Gasteiger partial charge on any atom is 0.318 e. The van der Waals surface area contributed by atoms with Crippen molar-refractivity contribution in [1.29, 1.82) is 0 Å². The minimum atomic E-state index is -0.186. The Morgan fingerprint density at radius 1 is 1.42 bits per heavy atom. The average molecular weight is 359 g/mol. The highest BCUT2D eigenvalue weighted by Gasteiger charge is 2.34. The fourth-order valence-electron chi connectivity index (χ4n) is 3.31. The van der Waals surface area contributed by atoms with E-state index in [0.29, 0.717) is 12.6 Å². The van der Waals surface area contributed by atoms with Crippen molar-refractivity contribution in [2.45, 2.75) is 72.1 Å². The Morgan fingerprint density at radius 3 is 2.73 bits per heavy atom. The van der Waals surface area contributed by atoms with Crippen LogP contribution in [0.2, 0.25) is 0 Å². The Labute approximate surface area is 154 Å². The summed E-state index contributed by atoms with van der Waals surface area (Å²) in [5.41, 5.74) is 3.23. The molecule has 8 nitrogen and oxygen atoms in total. The first-order chi connectivity index (χ1) is 12.4. The minimum Gasteiger partial charge on any atom is -0.328 e. The van der Waals surface area contributed by atoms with Crippen molar-refractivity contribution in [2.24, 2.45) is 7.05 Å². The summed E-state index contributed by atoms with van der Waals surface area (Å²) in [4.78, 5) is 14.9. The van der Waals surface area contributed by atoms with Crippen LogP contribution in [0.5, 0.6) is 0 Å². The zero-order valence-corrected chi connectivity index (χ0v) is 16.4. The Bertz CT molecular complexity index is 775. The van der Waals surface area contributed by atoms with E-state index < -0.39 is 0 Å². The molecule has 3 rings (SSSR count). The Balaban J connectivity index is 1.72. The van der Waals surface area contributed by atoms with Gasteiger partial charge in [0.1, 0.15) is 6.33 Å². The Morgan fingerprint density at radius 2 is 2.15 bits per heavy atom. The highest BCUT2D eigenvalue weighted by molar-refractivity contribution is 5.75. The minimum absolute atomic E-state index is 0.0475. The van der Waals surface area contributed by atoms with Gasteiger partial charge in [0, 0.05) is 30.9 Å². The smallest absolute Gasteiger partial charge is 0.318 e. The molecule has 0 bridgehead atoms. The molecule has 2 heterocycles. The van der Waals surface area contributed by atoms with Gasteiger partial charge in [-0.15, -0.1) is 10.2 Å². The van der Waals surface area contributed by atoms with Crippen molar-refractivity contribution in [3.63, 3.8) is 0 Å². The van der Waals surface area contributed by atoms with Crippen molar-refractivity contribution in [3.05, 3.63) is 29.1 Å². The second-order valence-corrected chi connectivity index (χ2v) is 7.19. The number of amides is 2. The van der Waals surface area contributed by atoms with Crippen LogP contribution < -0.4 is 5.32 Å². The zero-order valence-electron chi connectivity index (χ0n) is 16.4. The van der Waals surface area contributed by atoms with Crippen LogP contribution in [0.25, 0.3) is 0 Å². The standard InChI is InChI=1S/C18H29N7O/c1-6-9-24-11-19-21-17(24)13(3)20-18(26)25(15-7-8-15)10-16-12(2)22-23(5)14(16)4/h11,13,15H,6-10H2,1-5H3,(H,20,26)/t13-/m0/s1. The predicted octanol–water partition coefficient (Wildman–Crippen LogP) is 2.47. The van der Waals surface area contributed by atoms with Crippen LogP contribution in [0.3, 0.4) is 0 Å². The van der Waals surface area contributed by atoms with Gasteiger partial charge >= 0.3 is 6.03 Å². The van der Waals surface area contributed by atoms with Crippen LogP contribution in [0.1, 0.15) is 61.9 Å². The number of aromatic nitrogens is 5. The van der Waals surface area contributed by atoms with Gasteiger partial charge in [-0.2, -0.15) is 5.10 Å². The zero-order chi connectivity index (χ0) is 18.8. The van der Waals surface area contributed by atoms with E-state index in [-0.39, 0.29) is 12.1 Å². The topological polar surface area (TPSA) is 80.9 Å². The molecule has 1 aliphatic rings. The monoisotopic (exact) mass is 359 g/mol. The Kier molecular flexibility index (Phi) is 5.29. The van der Waals surface area contributed by atoms with Gasteiger partial charge in [0.05, 0.1) is 18.3 Å². The second kappa shape index (κ2) is 7.47. The molecule has 1 atom stereocenters. The van der Waals surface area contributed by atoms with Crippen molar-refractivity contribution in [2.75, 3.05) is 0 Å². The number of hydrogen-bond donors (Lipinski definition) is 1. The molecule has 2 aromatic heterocycles. The van der Waals surface area contributed by atoms with Gasteiger partial charge in [-0.3, -0.25) is 4.68 Å². The lowest BCUT2D eigenvalue weighted by Crippen LogP contribution is -2.42. The summed E-state index contributed by atoms with van der Waals surface area (Å²) in [6.45, 7) is 9.56. The maximum absolute atomic E-state index is 13.0. The third-order valence-corrected chi connectivity index (χ3v) is 5.07. The summed E-state index contributed by atoms with van der Waals surface area (Å²) in [5, 5.41) is 15.8. The molecule has 26 heavy (non-hydrogen) atoms. The van der Waals surface area contributed by atoms with Crippen LogP contribution in [-0.4, -0.2) is 41.5 Å². The molecule has 0 spiro atoms. The van der Waals surface area contributed by atoms with Crippen molar-refractivity contribution >= 4 is 6.03 Å². The van der Waals surface area contributed by atoms with Crippen molar-refractivity contribution in [1.82, 2.24) is 34.8 Å². The van der Waals surface area contributed by atoms with Crippen LogP contribution >= 0.6 is 0 Å². The molecule has 1 N–H and O–H groups in total. The third kappa shape index (κ3) is 3.73. The fourth-order valence-corrected chi connectivity index (χ4v) is 3.31. The van der Waals surface area contributed by atoms with Crippen LogP contribution in [0.4, 0.5) is 4.79 Å². The normalized spacial score (nSPS) is 15.1. The van der Waals surface area contributed by atoms with E-state index in [4.69, 9.17) is 0 Å². The summed E-state index contributed by atoms with van der Waals surface area (Å²) >= 11 is 0. The van der Waals surface area contributed by atoms with E-state index >= 15 is 0 Å². The van der Waals surface area contributed by atoms with Crippen molar-refractivity contribution < 1.29 is 4.79 Å². The SMILES string of the molecule is CCCn1cnnc1[C@H](C)NC(=O)N(Cc1c(C)nn(C)c1C)C1CC1. The number of carbonyl (C=O) groups excluding carboxylic acids is 1. The van der Waals surface area contributed by atoms with E-state index in [1.54, 1.807) is 6.33 Å². The van der Waals surface area contributed by atoms with Gasteiger partial charge in [0.15, 0.2) is 5.82 Å². The number of rotatable bonds is 7. The van der Waals surface area contributed by atoms with E-state index in [0.717, 1.165) is 48.6 Å². The highest BCUT2D eigenvalue weighted by atomic mass is 16.2. The molecule has 0 aliphatic heterocycles. The van der Waals surface area contributed by atoms with E-state index in [1.165, 1.54) is 0 Å². The quantitative estimate of drug-likeness (QED) is 0.823. The first-order valence-electron chi connectivity index (χ1n) is 9.36. The molecule has 1 fully saturated rings. The molecule has 8 heteroatoms. The van der Waals surface area contributed by atoms with Crippen molar-refractivity contribution in [3.8, 4) is 0 Å². The van der Waals surface area contributed by atoms with Gasteiger partial charge in [-0.1, -0.05) is 6.92 Å². The number of urea groups is 1. The highest BCUT2D eigenvalue weighted by Crippen LogP contribution is 2.30. The molecule has 0 radical (unpaired) electrons. The summed E-state index contributed by atoms with van der Waals surface area (Å²) in [6.07, 6.45) is 4.85. The summed E-state index contributed by atoms with van der Waals surface area (Å²) in [7, 11) is 1.94. The number of carbonyl (C=O) groups is 1. The van der Waals surface area contributed by atoms with Crippen LogP contribution in [-0.2, 0) is 20.1 Å². The molecule has 1 aliphatic carbocycles. The number of nitrogens with zero attached hydrogens (tertiary/aromatic N) is 6. The molecular weight excluding hydrogens is 330 g/mol. The predicted molar refractivity (Wildman–Crippen MR) is 98.5 cm³/mol. The molecule has 1 saturated carbocycles. The van der Waals surface area contributed by atoms with Crippen LogP contribution in [0.15, 0.2) is 6.33 Å². The van der Waals surface area contributed by atoms with Gasteiger partial charge < -0.3 is 14.8 Å². The maximum atomic E-state index is 13.0. The molecule has 0 unspecified atom stereocenters. The molecule has 142 valence electrons. The van der Waals surface area contributed by atoms with Gasteiger partial charge in [-0.25, -0.2) is 4.79 Å². The van der Waals surface area contributed by atoms with Gasteiger partial charge in [-0.05, 0) is 40.0 Å². The van der Waals surface area contributed by atoms with Gasteiger partial charge in [0.2, 0.25) is 0 Å². The molecule has 2 aromatic rings. The summed E-state index contributed by atoms with van der Waals surface area (Å²) in [6, 6.07) is 0.0808. The average Bonchev–Trinajstić information content (AvgIpc) is 3.27. The first-order valence-corrected chi connectivity index (χ1v) is 9.36. The molecule has 0 saturated heterocycles. The number of aryl methyl sites for hydroxylation is 3. The van der Waals surface area contributed by atoms with E-state index in [2.05, 4.69) is 27.5 Å². The third-order valence-electron chi connectivity index (χ3n) is 5.07. The number of hydrogen-bond acceptors (Lipinski definition) is 4. The lowest BCUT2D eigenvalue weighted by atomic mass is 10.2. The largest absolute Gasteiger partial charge is 0.328 e. The lowest BCUT2D eigenvalue weighted by Gasteiger charge is -2.25. The fraction of sp³-hybridized carbons (Fsp3) is 0.667. The molecule has 2 amide bonds. The summed E-state index contributed by atoms with van der Waals surface area (Å²) in [5.74, 6) is 0.796. The van der Waals surface area contributed by atoms with Gasteiger partial charge in [0.25, 0.3) is 0 Å². The molecule has 0 aromatic carbocycles. The lowest BCUT2D eigenvalue weighted by molar-refractivity contribution is 0.187. The first kappa shape index (κ1) is 18.4. The van der Waals surface area contributed by atoms with E-state index in [9.17, 15) is 4.79 Å². The molecular formula is C18H29N7O. The second-order valence-electron chi connectivity index (χ2n) is 7.19. The van der Waals surface area contributed by atoms with E-state index in [1.807, 2.05) is 42.0 Å². The Hall–Kier alpha value is -2.38. The van der Waals surface area contributed by atoms with Crippen LogP contribution in [0, 0.1) is 13.8 Å².